The minimum absolute atomic E-state index is 0.186. The zero-order chi connectivity index (χ0) is 15.0. The Morgan fingerprint density at radius 2 is 1.55 bits per heavy atom. The first-order chi connectivity index (χ1) is 9.51. The van der Waals surface area contributed by atoms with E-state index in [1.807, 2.05) is 13.8 Å². The summed E-state index contributed by atoms with van der Waals surface area (Å²) in [6, 6.07) is 0.373. The van der Waals surface area contributed by atoms with Crippen LogP contribution in [0.5, 0.6) is 12.0 Å². The van der Waals surface area contributed by atoms with Crippen molar-refractivity contribution in [3.05, 3.63) is 37.0 Å². The van der Waals surface area contributed by atoms with Crippen LogP contribution in [-0.4, -0.2) is 34.7 Å². The molecule has 108 valence electrons. The van der Waals surface area contributed by atoms with E-state index in [0.717, 1.165) is 11.1 Å². The molecule has 0 aliphatic rings. The van der Waals surface area contributed by atoms with Crippen molar-refractivity contribution in [2.24, 2.45) is 0 Å². The first-order valence-corrected chi connectivity index (χ1v) is 6.16. The van der Waals surface area contributed by atoms with Crippen LogP contribution >= 0.6 is 0 Å². The van der Waals surface area contributed by atoms with Crippen molar-refractivity contribution in [2.45, 2.75) is 13.8 Å². The molecule has 1 heterocycles. The van der Waals surface area contributed by atoms with E-state index < -0.39 is 0 Å². The SMILES string of the molecule is C=CCNc1nc(OCC(=C)C)nc(OCC(=C)C)n1. The second-order valence-corrected chi connectivity index (χ2v) is 4.39. The molecule has 0 aliphatic heterocycles. The maximum absolute atomic E-state index is 5.41. The Morgan fingerprint density at radius 3 is 1.95 bits per heavy atom. The van der Waals surface area contributed by atoms with Crippen molar-refractivity contribution in [1.82, 2.24) is 15.0 Å². The zero-order valence-corrected chi connectivity index (χ0v) is 12.0. The molecular formula is C14H20N4O2. The van der Waals surface area contributed by atoms with Crippen LogP contribution in [0.2, 0.25) is 0 Å². The summed E-state index contributed by atoms with van der Waals surface area (Å²) >= 11 is 0. The minimum Gasteiger partial charge on any atom is -0.459 e. The molecule has 0 saturated carbocycles. The van der Waals surface area contributed by atoms with Crippen LogP contribution in [-0.2, 0) is 0 Å². The molecule has 1 aromatic rings. The van der Waals surface area contributed by atoms with Crippen LogP contribution in [0.1, 0.15) is 13.8 Å². The van der Waals surface area contributed by atoms with E-state index in [9.17, 15) is 0 Å². The van der Waals surface area contributed by atoms with E-state index in [1.54, 1.807) is 6.08 Å². The van der Waals surface area contributed by atoms with Gasteiger partial charge in [0.25, 0.3) is 0 Å². The lowest BCUT2D eigenvalue weighted by molar-refractivity contribution is 0.290. The molecule has 0 aliphatic carbocycles. The van der Waals surface area contributed by atoms with Crippen LogP contribution < -0.4 is 14.8 Å². The lowest BCUT2D eigenvalue weighted by Gasteiger charge is -2.09. The number of rotatable bonds is 9. The molecule has 1 rings (SSSR count). The Kier molecular flexibility index (Phi) is 6.22. The predicted octanol–water partition coefficient (Wildman–Crippen LogP) is 2.38. The van der Waals surface area contributed by atoms with E-state index >= 15 is 0 Å². The van der Waals surface area contributed by atoms with Crippen LogP contribution in [0.25, 0.3) is 0 Å². The average molecular weight is 276 g/mol. The van der Waals surface area contributed by atoms with Gasteiger partial charge < -0.3 is 14.8 Å². The Labute approximate surface area is 119 Å². The highest BCUT2D eigenvalue weighted by atomic mass is 16.5. The van der Waals surface area contributed by atoms with E-state index in [0.29, 0.717) is 25.7 Å². The fourth-order valence-electron chi connectivity index (χ4n) is 1.09. The lowest BCUT2D eigenvalue weighted by Crippen LogP contribution is -2.10. The molecule has 0 spiro atoms. The quantitative estimate of drug-likeness (QED) is 0.698. The van der Waals surface area contributed by atoms with Gasteiger partial charge in [0.2, 0.25) is 5.95 Å². The maximum Gasteiger partial charge on any atom is 0.324 e. The second kappa shape index (κ2) is 7.93. The van der Waals surface area contributed by atoms with E-state index in [1.165, 1.54) is 0 Å². The van der Waals surface area contributed by atoms with E-state index in [-0.39, 0.29) is 12.0 Å². The number of hydrogen-bond acceptors (Lipinski definition) is 6. The first-order valence-electron chi connectivity index (χ1n) is 6.16. The smallest absolute Gasteiger partial charge is 0.324 e. The van der Waals surface area contributed by atoms with Crippen molar-refractivity contribution in [3.63, 3.8) is 0 Å². The molecule has 6 heteroatoms. The molecule has 0 bridgehead atoms. The van der Waals surface area contributed by atoms with Gasteiger partial charge in [-0.1, -0.05) is 19.2 Å². The van der Waals surface area contributed by atoms with Crippen LogP contribution in [0.15, 0.2) is 37.0 Å². The second-order valence-electron chi connectivity index (χ2n) is 4.39. The summed E-state index contributed by atoms with van der Waals surface area (Å²) < 4.78 is 10.8. The van der Waals surface area contributed by atoms with Gasteiger partial charge in [-0.05, 0) is 25.0 Å². The van der Waals surface area contributed by atoms with Gasteiger partial charge in [0.1, 0.15) is 13.2 Å². The number of hydrogen-bond donors (Lipinski definition) is 1. The standard InChI is InChI=1S/C14H20N4O2/c1-6-7-15-12-16-13(19-8-10(2)3)18-14(17-12)20-9-11(4)5/h6H,1-2,4,7-9H2,3,5H3,(H,15,16,17,18). The molecule has 20 heavy (non-hydrogen) atoms. The number of anilines is 1. The van der Waals surface area contributed by atoms with Gasteiger partial charge in [-0.2, -0.15) is 9.97 Å². The van der Waals surface area contributed by atoms with Crippen molar-refractivity contribution in [3.8, 4) is 12.0 Å². The Hall–Kier alpha value is -2.37. The Morgan fingerprint density at radius 1 is 1.05 bits per heavy atom. The normalized spacial score (nSPS) is 9.70. The summed E-state index contributed by atoms with van der Waals surface area (Å²) in [5.41, 5.74) is 1.74. The van der Waals surface area contributed by atoms with Gasteiger partial charge in [-0.25, -0.2) is 0 Å². The van der Waals surface area contributed by atoms with Crippen LogP contribution in [0, 0.1) is 0 Å². The average Bonchev–Trinajstić information content (AvgIpc) is 2.40. The molecule has 1 N–H and O–H groups in total. The molecule has 1 aromatic heterocycles. The van der Waals surface area contributed by atoms with Gasteiger partial charge in [0.15, 0.2) is 0 Å². The third-order valence-electron chi connectivity index (χ3n) is 1.89. The molecular weight excluding hydrogens is 256 g/mol. The summed E-state index contributed by atoms with van der Waals surface area (Å²) in [7, 11) is 0. The number of nitrogens with zero attached hydrogens (tertiary/aromatic N) is 3. The molecule has 0 aromatic carbocycles. The van der Waals surface area contributed by atoms with Crippen LogP contribution in [0.3, 0.4) is 0 Å². The topological polar surface area (TPSA) is 69.2 Å². The highest BCUT2D eigenvalue weighted by Crippen LogP contribution is 2.14. The van der Waals surface area contributed by atoms with Crippen molar-refractivity contribution < 1.29 is 9.47 Å². The number of nitrogens with one attached hydrogen (secondary N) is 1. The molecule has 0 atom stereocenters. The highest BCUT2D eigenvalue weighted by molar-refractivity contribution is 5.28. The fourth-order valence-corrected chi connectivity index (χ4v) is 1.09. The molecule has 0 unspecified atom stereocenters. The predicted molar refractivity (Wildman–Crippen MR) is 79.1 cm³/mol. The zero-order valence-electron chi connectivity index (χ0n) is 12.0. The highest BCUT2D eigenvalue weighted by Gasteiger charge is 2.08. The van der Waals surface area contributed by atoms with Crippen molar-refractivity contribution in [1.29, 1.82) is 0 Å². The van der Waals surface area contributed by atoms with Crippen molar-refractivity contribution in [2.75, 3.05) is 25.1 Å². The Balaban J connectivity index is 2.84. The largest absolute Gasteiger partial charge is 0.459 e. The summed E-state index contributed by atoms with van der Waals surface area (Å²) in [6.45, 7) is 16.1. The van der Waals surface area contributed by atoms with Gasteiger partial charge in [-0.3, -0.25) is 0 Å². The summed E-state index contributed by atoms with van der Waals surface area (Å²) in [5, 5.41) is 2.97. The maximum atomic E-state index is 5.41. The monoisotopic (exact) mass is 276 g/mol. The van der Waals surface area contributed by atoms with Gasteiger partial charge in [0, 0.05) is 6.54 Å². The minimum atomic E-state index is 0.186. The third-order valence-corrected chi connectivity index (χ3v) is 1.89. The van der Waals surface area contributed by atoms with Gasteiger partial charge in [0.05, 0.1) is 0 Å². The van der Waals surface area contributed by atoms with E-state index in [2.05, 4.69) is 40.0 Å². The number of ether oxygens (including phenoxy) is 2. The molecule has 0 fully saturated rings. The summed E-state index contributed by atoms with van der Waals surface area (Å²) in [4.78, 5) is 12.3. The third kappa shape index (κ3) is 5.99. The fraction of sp³-hybridized carbons (Fsp3) is 0.357. The molecule has 0 saturated heterocycles. The first kappa shape index (κ1) is 15.7. The molecule has 0 radical (unpaired) electrons. The van der Waals surface area contributed by atoms with Gasteiger partial charge in [-0.15, -0.1) is 11.6 Å². The van der Waals surface area contributed by atoms with Gasteiger partial charge >= 0.3 is 12.0 Å². The van der Waals surface area contributed by atoms with Crippen LogP contribution in [0.4, 0.5) is 5.95 Å². The number of aromatic nitrogens is 3. The molecule has 6 nitrogen and oxygen atoms in total. The molecule has 0 amide bonds. The lowest BCUT2D eigenvalue weighted by atomic mass is 10.4. The summed E-state index contributed by atoms with van der Waals surface area (Å²) in [5.74, 6) is 0.369. The Bertz CT molecular complexity index is 464. The summed E-state index contributed by atoms with van der Waals surface area (Å²) in [6.07, 6.45) is 1.70. The van der Waals surface area contributed by atoms with E-state index in [4.69, 9.17) is 9.47 Å². The van der Waals surface area contributed by atoms with Crippen molar-refractivity contribution >= 4 is 5.95 Å².